The van der Waals surface area contributed by atoms with E-state index in [1.54, 1.807) is 17.8 Å². The molecule has 1 aromatic heterocycles. The van der Waals surface area contributed by atoms with E-state index in [2.05, 4.69) is 31.2 Å². The average Bonchev–Trinajstić information content (AvgIpc) is 2.55. The first-order valence-corrected chi connectivity index (χ1v) is 6.27. The van der Waals surface area contributed by atoms with Gasteiger partial charge in [-0.2, -0.15) is 5.10 Å². The number of hydrogen-bond acceptors (Lipinski definition) is 3. The summed E-state index contributed by atoms with van der Waals surface area (Å²) in [6, 6.07) is 1.85. The highest BCUT2D eigenvalue weighted by atomic mass is 16.2. The van der Waals surface area contributed by atoms with E-state index in [1.807, 2.05) is 6.92 Å². The lowest BCUT2D eigenvalue weighted by Crippen LogP contribution is -2.45. The van der Waals surface area contributed by atoms with Crippen molar-refractivity contribution in [3.8, 4) is 0 Å². The fraction of sp³-hybridized carbons (Fsp3) is 0.692. The molecule has 0 spiro atoms. The van der Waals surface area contributed by atoms with E-state index < -0.39 is 0 Å². The quantitative estimate of drug-likeness (QED) is 0.846. The van der Waals surface area contributed by atoms with Crippen molar-refractivity contribution >= 4 is 5.91 Å². The summed E-state index contributed by atoms with van der Waals surface area (Å²) in [4.78, 5) is 12.2. The molecule has 0 aliphatic carbocycles. The molecular weight excluding hydrogens is 228 g/mol. The Balaban J connectivity index is 2.82. The highest BCUT2D eigenvalue weighted by Crippen LogP contribution is 2.21. The summed E-state index contributed by atoms with van der Waals surface area (Å²) in [6.45, 7) is 8.73. The van der Waals surface area contributed by atoms with Gasteiger partial charge in [-0.25, -0.2) is 0 Å². The fourth-order valence-electron chi connectivity index (χ4n) is 1.94. The third-order valence-electron chi connectivity index (χ3n) is 3.04. The van der Waals surface area contributed by atoms with Crippen LogP contribution in [0.1, 0.15) is 43.4 Å². The topological polar surface area (TPSA) is 72.9 Å². The van der Waals surface area contributed by atoms with Crippen molar-refractivity contribution in [2.75, 3.05) is 6.54 Å². The zero-order valence-corrected chi connectivity index (χ0v) is 11.9. The summed E-state index contributed by atoms with van der Waals surface area (Å²) in [7, 11) is 1.77. The van der Waals surface area contributed by atoms with E-state index in [1.165, 1.54) is 0 Å². The maximum atomic E-state index is 12.2. The molecule has 0 aliphatic rings. The minimum Gasteiger partial charge on any atom is -0.347 e. The Hall–Kier alpha value is -1.36. The smallest absolute Gasteiger partial charge is 0.269 e. The van der Waals surface area contributed by atoms with Gasteiger partial charge >= 0.3 is 0 Å². The first kappa shape index (κ1) is 14.7. The Morgan fingerprint density at radius 2 is 2.17 bits per heavy atom. The molecule has 0 saturated carbocycles. The zero-order chi connectivity index (χ0) is 13.9. The number of nitrogens with zero attached hydrogens (tertiary/aromatic N) is 2. The molecule has 0 aliphatic heterocycles. The lowest BCUT2D eigenvalue weighted by Gasteiger charge is -2.31. The lowest BCUT2D eigenvalue weighted by molar-refractivity contribution is 0.0889. The SMILES string of the molecule is Cc1cc(C(=O)NC(CCN)C(C)(C)C)n(C)n1. The Morgan fingerprint density at radius 3 is 2.56 bits per heavy atom. The van der Waals surface area contributed by atoms with Gasteiger partial charge in [0, 0.05) is 13.1 Å². The maximum absolute atomic E-state index is 12.2. The van der Waals surface area contributed by atoms with Crippen molar-refractivity contribution in [1.82, 2.24) is 15.1 Å². The van der Waals surface area contributed by atoms with E-state index in [0.717, 1.165) is 12.1 Å². The molecule has 0 fully saturated rings. The molecule has 18 heavy (non-hydrogen) atoms. The number of aromatic nitrogens is 2. The second kappa shape index (κ2) is 5.52. The second-order valence-corrected chi connectivity index (χ2v) is 5.76. The van der Waals surface area contributed by atoms with E-state index in [-0.39, 0.29) is 17.4 Å². The van der Waals surface area contributed by atoms with Crippen molar-refractivity contribution in [3.63, 3.8) is 0 Å². The Kier molecular flexibility index (Phi) is 4.51. The first-order chi connectivity index (χ1) is 8.25. The molecule has 0 bridgehead atoms. The number of nitrogens with one attached hydrogen (secondary N) is 1. The summed E-state index contributed by atoms with van der Waals surface area (Å²) in [5.41, 5.74) is 7.02. The molecular formula is C13H24N4O. The predicted molar refractivity (Wildman–Crippen MR) is 72.3 cm³/mol. The highest BCUT2D eigenvalue weighted by molar-refractivity contribution is 5.92. The molecule has 0 radical (unpaired) electrons. The van der Waals surface area contributed by atoms with Crippen LogP contribution < -0.4 is 11.1 Å². The standard InChI is InChI=1S/C13H24N4O/c1-9-8-10(17(5)16-9)12(18)15-11(6-7-14)13(2,3)4/h8,11H,6-7,14H2,1-5H3,(H,15,18). The number of carbonyl (C=O) groups excluding carboxylic acids is 1. The molecule has 5 heteroatoms. The van der Waals surface area contributed by atoms with Gasteiger partial charge in [0.1, 0.15) is 5.69 Å². The van der Waals surface area contributed by atoms with Crippen LogP contribution in [-0.4, -0.2) is 28.3 Å². The second-order valence-electron chi connectivity index (χ2n) is 5.76. The monoisotopic (exact) mass is 252 g/mol. The number of amides is 1. The van der Waals surface area contributed by atoms with E-state index >= 15 is 0 Å². The van der Waals surface area contributed by atoms with E-state index in [9.17, 15) is 4.79 Å². The molecule has 1 amide bonds. The molecule has 1 unspecified atom stereocenters. The van der Waals surface area contributed by atoms with Gasteiger partial charge in [0.15, 0.2) is 0 Å². The number of aryl methyl sites for hydroxylation is 2. The van der Waals surface area contributed by atoms with Crippen molar-refractivity contribution in [3.05, 3.63) is 17.5 Å². The molecule has 3 N–H and O–H groups in total. The van der Waals surface area contributed by atoms with Gasteiger partial charge in [-0.15, -0.1) is 0 Å². The molecule has 1 rings (SSSR count). The Labute approximate surface area is 109 Å². The Morgan fingerprint density at radius 1 is 1.56 bits per heavy atom. The van der Waals surface area contributed by atoms with Crippen LogP contribution in [-0.2, 0) is 7.05 Å². The lowest BCUT2D eigenvalue weighted by atomic mass is 9.84. The molecule has 0 aromatic carbocycles. The normalized spacial score (nSPS) is 13.4. The van der Waals surface area contributed by atoms with Crippen LogP contribution in [0.2, 0.25) is 0 Å². The van der Waals surface area contributed by atoms with Crippen LogP contribution in [0, 0.1) is 12.3 Å². The molecule has 1 heterocycles. The van der Waals surface area contributed by atoms with Gasteiger partial charge in [0.2, 0.25) is 0 Å². The molecule has 102 valence electrons. The first-order valence-electron chi connectivity index (χ1n) is 6.27. The molecule has 5 nitrogen and oxygen atoms in total. The number of carbonyl (C=O) groups is 1. The van der Waals surface area contributed by atoms with Gasteiger partial charge in [0.05, 0.1) is 5.69 Å². The van der Waals surface area contributed by atoms with Crippen molar-refractivity contribution < 1.29 is 4.79 Å². The van der Waals surface area contributed by atoms with Crippen LogP contribution >= 0.6 is 0 Å². The largest absolute Gasteiger partial charge is 0.347 e. The van der Waals surface area contributed by atoms with Crippen LogP contribution in [0.5, 0.6) is 0 Å². The minimum absolute atomic E-state index is 0.0112. The van der Waals surface area contributed by atoms with Crippen LogP contribution in [0.15, 0.2) is 6.07 Å². The average molecular weight is 252 g/mol. The van der Waals surface area contributed by atoms with E-state index in [4.69, 9.17) is 5.73 Å². The minimum atomic E-state index is -0.0912. The van der Waals surface area contributed by atoms with Gasteiger partial charge < -0.3 is 11.1 Å². The van der Waals surface area contributed by atoms with E-state index in [0.29, 0.717) is 12.2 Å². The summed E-state index contributed by atoms with van der Waals surface area (Å²) < 4.78 is 1.60. The van der Waals surface area contributed by atoms with Crippen molar-refractivity contribution in [1.29, 1.82) is 0 Å². The van der Waals surface area contributed by atoms with Crippen LogP contribution in [0.3, 0.4) is 0 Å². The highest BCUT2D eigenvalue weighted by Gasteiger charge is 2.26. The third kappa shape index (κ3) is 3.57. The number of hydrogen-bond donors (Lipinski definition) is 2. The zero-order valence-electron chi connectivity index (χ0n) is 11.9. The van der Waals surface area contributed by atoms with Crippen LogP contribution in [0.25, 0.3) is 0 Å². The molecule has 1 atom stereocenters. The van der Waals surface area contributed by atoms with Crippen molar-refractivity contribution in [2.45, 2.75) is 40.2 Å². The number of rotatable bonds is 4. The third-order valence-corrected chi connectivity index (χ3v) is 3.04. The van der Waals surface area contributed by atoms with Crippen LogP contribution in [0.4, 0.5) is 0 Å². The molecule has 0 saturated heterocycles. The number of nitrogens with two attached hydrogens (primary N) is 1. The van der Waals surface area contributed by atoms with Gasteiger partial charge in [0.25, 0.3) is 5.91 Å². The maximum Gasteiger partial charge on any atom is 0.269 e. The van der Waals surface area contributed by atoms with Crippen molar-refractivity contribution in [2.24, 2.45) is 18.2 Å². The summed E-state index contributed by atoms with van der Waals surface area (Å²) in [6.07, 6.45) is 0.770. The summed E-state index contributed by atoms with van der Waals surface area (Å²) >= 11 is 0. The van der Waals surface area contributed by atoms with Gasteiger partial charge in [-0.3, -0.25) is 9.48 Å². The van der Waals surface area contributed by atoms with Gasteiger partial charge in [-0.05, 0) is 31.4 Å². The summed E-state index contributed by atoms with van der Waals surface area (Å²) in [5.74, 6) is -0.0912. The fourth-order valence-corrected chi connectivity index (χ4v) is 1.94. The van der Waals surface area contributed by atoms with Gasteiger partial charge in [-0.1, -0.05) is 20.8 Å². The molecule has 1 aromatic rings. The Bertz CT molecular complexity index is 417. The predicted octanol–water partition coefficient (Wildman–Crippen LogP) is 1.22. The summed E-state index contributed by atoms with van der Waals surface area (Å²) in [5, 5.41) is 7.23.